The van der Waals surface area contributed by atoms with Gasteiger partial charge in [-0.1, -0.05) is 50.7 Å². The van der Waals surface area contributed by atoms with E-state index in [-0.39, 0.29) is 135 Å². The van der Waals surface area contributed by atoms with Crippen molar-refractivity contribution in [2.24, 2.45) is 0 Å². The number of aliphatic carboxylic acids is 5. The van der Waals surface area contributed by atoms with Crippen LogP contribution in [0.25, 0.3) is 0 Å². The fraction of sp³-hybridized carbons (Fsp3) is 0.286. The van der Waals surface area contributed by atoms with Crippen molar-refractivity contribution in [1.82, 2.24) is 19.9 Å². The van der Waals surface area contributed by atoms with Crippen molar-refractivity contribution in [1.29, 1.82) is 0 Å². The van der Waals surface area contributed by atoms with Crippen LogP contribution < -0.4 is 46.0 Å². The molecule has 0 amide bonds. The van der Waals surface area contributed by atoms with Gasteiger partial charge in [-0.2, -0.15) is 0 Å². The van der Waals surface area contributed by atoms with Crippen LogP contribution >= 0.6 is 23.2 Å². The van der Waals surface area contributed by atoms with Gasteiger partial charge in [-0.15, -0.1) is 23.2 Å². The van der Waals surface area contributed by atoms with Gasteiger partial charge in [0.25, 0.3) is 0 Å². The molecular weight excluding hydrogens is 1140 g/mol. The molecule has 0 saturated carbocycles. The monoisotopic (exact) mass is 1180 g/mol. The maximum absolute atomic E-state index is 10.1. The third kappa shape index (κ3) is 117. The third-order valence-corrected chi connectivity index (χ3v) is 3.50. The van der Waals surface area contributed by atoms with Crippen LogP contribution in [-0.2, 0) is 106 Å². The standard InChI is InChI=1S/4C6H6NO.5C2H4O2.CH2Cl2.3Co.H2O.Yb/c4*8-5-6-3-1-2-4-7-6;5*1-2(3)4;2-1-3;;;;;/h4*1-4H,5H2;5*1H3,(H,3,4);1H2;;;;1H2;/q4*-1;;;;;;;2*+2;+3;;+2/p-4. The fourth-order valence-corrected chi connectivity index (χ4v) is 1.93. The number of carboxylic acids is 5. The molecule has 0 fully saturated rings. The SMILES string of the molecule is CC(=O)[O-].CC(=O)[O-].CC(=O)[O-].CC(=O)[O-].CC(=O)[O-].ClCCl.[Co+2].[Co+2].[Co+3].[O-]Cc1ccccn1.[O-]Cc1ccccn1.[O-]Cc1ccccn1.[O-]Cc1ccccn1.[OH3+].[Yb+2]. The summed E-state index contributed by atoms with van der Waals surface area (Å²) in [4.78, 5) is 59.6. The molecule has 4 heterocycles. The average Bonchev–Trinajstić information content (AvgIpc) is 3.13. The van der Waals surface area contributed by atoms with Crippen LogP contribution in [0.1, 0.15) is 57.4 Å². The predicted molar refractivity (Wildman–Crippen MR) is 187 cm³/mol. The molecular formula is C35H44Cl2Co3N4O15Yb+. The Balaban J connectivity index is -0.0000000500. The van der Waals surface area contributed by atoms with Crippen molar-refractivity contribution in [2.45, 2.75) is 61.0 Å². The number of nitrogens with zero attached hydrogens (tertiary/aromatic N) is 4. The Labute approximate surface area is 428 Å². The Morgan fingerprint density at radius 1 is 0.433 bits per heavy atom. The largest absolute Gasteiger partial charge is 3.00 e. The van der Waals surface area contributed by atoms with Gasteiger partial charge in [-0.25, -0.2) is 0 Å². The minimum absolute atomic E-state index is 0. The minimum atomic E-state index is -1.08. The summed E-state index contributed by atoms with van der Waals surface area (Å²) in [6, 6.07) is 21.2. The van der Waals surface area contributed by atoms with E-state index in [9.17, 15) is 20.4 Å². The summed E-state index contributed by atoms with van der Waals surface area (Å²) >= 11 is 9.53. The Morgan fingerprint density at radius 3 is 0.600 bits per heavy atom. The molecule has 0 atom stereocenters. The first-order valence-electron chi connectivity index (χ1n) is 14.7. The van der Waals surface area contributed by atoms with Gasteiger partial charge in [-0.05, 0) is 83.1 Å². The van der Waals surface area contributed by atoms with Crippen molar-refractivity contribution in [2.75, 3.05) is 5.34 Å². The van der Waals surface area contributed by atoms with Gasteiger partial charge in [0, 0.05) is 77.4 Å². The first-order chi connectivity index (χ1) is 25.8. The Morgan fingerprint density at radius 2 is 0.550 bits per heavy atom. The fourth-order valence-electron chi connectivity index (χ4n) is 1.93. The molecule has 4 aromatic rings. The van der Waals surface area contributed by atoms with Crippen LogP contribution in [0.5, 0.6) is 0 Å². The van der Waals surface area contributed by atoms with Crippen LogP contribution in [0.4, 0.5) is 0 Å². The first kappa shape index (κ1) is 84.8. The van der Waals surface area contributed by atoms with Gasteiger partial charge >= 0.3 is 97.3 Å². The molecule has 4 aromatic heterocycles. The van der Waals surface area contributed by atoms with Gasteiger partial charge in [0.15, 0.2) is 0 Å². The van der Waals surface area contributed by atoms with Crippen molar-refractivity contribution in [3.05, 3.63) is 120 Å². The van der Waals surface area contributed by atoms with Crippen molar-refractivity contribution in [3.8, 4) is 0 Å². The Bertz CT molecular complexity index is 1210. The molecule has 0 bridgehead atoms. The zero-order chi connectivity index (χ0) is 43.9. The number of pyridine rings is 4. The second-order valence-corrected chi connectivity index (χ2v) is 9.23. The summed E-state index contributed by atoms with van der Waals surface area (Å²) in [6.45, 7) is 3.98. The molecule has 0 aliphatic rings. The number of carboxylic acid groups (broad SMARTS) is 5. The Kier molecular flexibility index (Phi) is 100. The molecule has 0 aromatic carbocycles. The van der Waals surface area contributed by atoms with Crippen LogP contribution in [0.3, 0.4) is 0 Å². The van der Waals surface area contributed by atoms with Gasteiger partial charge in [-0.3, -0.25) is 19.9 Å². The number of carbonyl (C=O) groups excluding carboxylic acids is 5. The van der Waals surface area contributed by atoms with Crippen molar-refractivity contribution < 1.29 is 173 Å². The second-order valence-electron chi connectivity index (χ2n) is 8.42. The zero-order valence-electron chi connectivity index (χ0n) is 32.4. The maximum atomic E-state index is 10.1. The van der Waals surface area contributed by atoms with E-state index in [1.807, 2.05) is 0 Å². The molecule has 0 aliphatic carbocycles. The van der Waals surface area contributed by atoms with Gasteiger partial charge in [0.1, 0.15) is 0 Å². The summed E-state index contributed by atoms with van der Waals surface area (Å²) < 4.78 is 0. The van der Waals surface area contributed by atoms with Crippen LogP contribution in [0.15, 0.2) is 97.6 Å². The molecule has 0 spiro atoms. The Hall–Kier alpha value is -2.63. The van der Waals surface area contributed by atoms with E-state index in [2.05, 4.69) is 19.9 Å². The molecule has 2 radical (unpaired) electrons. The number of hydrogen-bond donors (Lipinski definition) is 0. The molecule has 60 heavy (non-hydrogen) atoms. The second kappa shape index (κ2) is 70.9. The third-order valence-electron chi connectivity index (χ3n) is 3.50. The zero-order valence-corrected chi connectivity index (χ0v) is 38.7. The molecule has 3 N–H and O–H groups in total. The predicted octanol–water partition coefficient (Wildman–Crippen LogP) is -5.96. The number of carbonyl (C=O) groups is 5. The number of rotatable bonds is 4. The summed E-state index contributed by atoms with van der Waals surface area (Å²) in [5.41, 5.74) is 2.42. The van der Waals surface area contributed by atoms with E-state index in [1.54, 1.807) is 97.6 Å². The van der Waals surface area contributed by atoms with E-state index in [4.69, 9.17) is 72.7 Å². The molecule has 0 aliphatic heterocycles. The van der Waals surface area contributed by atoms with E-state index in [1.165, 1.54) is 0 Å². The smallest absolute Gasteiger partial charge is 0.850 e. The molecule has 25 heteroatoms. The minimum Gasteiger partial charge on any atom is -0.850 e. The van der Waals surface area contributed by atoms with E-state index in [0.29, 0.717) is 22.8 Å². The van der Waals surface area contributed by atoms with E-state index >= 15 is 0 Å². The number of halogens is 2. The van der Waals surface area contributed by atoms with E-state index < -0.39 is 29.8 Å². The van der Waals surface area contributed by atoms with Gasteiger partial charge in [0.05, 0.1) is 5.34 Å². The molecule has 4 rings (SSSR count). The summed E-state index contributed by atoms with van der Waals surface area (Å²) in [7, 11) is 0. The normalized spacial score (nSPS) is 7.25. The molecule has 0 saturated heterocycles. The first-order valence-corrected chi connectivity index (χ1v) is 15.8. The number of hydrogen-bond acceptors (Lipinski definition) is 18. The van der Waals surface area contributed by atoms with E-state index in [0.717, 1.165) is 34.6 Å². The number of alkyl halides is 2. The van der Waals surface area contributed by atoms with Crippen molar-refractivity contribution >= 4 is 53.0 Å². The summed E-state index contributed by atoms with van der Waals surface area (Å²) in [6.07, 6.45) is 6.47. The van der Waals surface area contributed by atoms with Gasteiger partial charge in [0.2, 0.25) is 0 Å². The molecule has 19 nitrogen and oxygen atoms in total. The molecule has 348 valence electrons. The van der Waals surface area contributed by atoms with Crippen LogP contribution in [-0.4, -0.2) is 55.1 Å². The maximum Gasteiger partial charge on any atom is 3.00 e. The van der Waals surface area contributed by atoms with Crippen LogP contribution in [0, 0.1) is 46.9 Å². The topological polar surface area (TPSA) is 377 Å². The van der Waals surface area contributed by atoms with Crippen molar-refractivity contribution in [3.63, 3.8) is 0 Å². The quantitative estimate of drug-likeness (QED) is 0.136. The summed E-state index contributed by atoms with van der Waals surface area (Å²) in [5.74, 6) is -5.42. The van der Waals surface area contributed by atoms with Gasteiger partial charge < -0.3 is 75.4 Å². The number of aromatic nitrogens is 4. The summed E-state index contributed by atoms with van der Waals surface area (Å²) in [5, 5.41) is 84.9. The molecule has 0 unspecified atom stereocenters. The van der Waals surface area contributed by atoms with Crippen LogP contribution in [0.2, 0.25) is 0 Å². The average molecular weight is 1180 g/mol.